The van der Waals surface area contributed by atoms with E-state index in [0.29, 0.717) is 6.07 Å². The van der Waals surface area contributed by atoms with Gasteiger partial charge in [-0.2, -0.15) is 5.26 Å². The van der Waals surface area contributed by atoms with Crippen LogP contribution >= 0.6 is 11.8 Å². The summed E-state index contributed by atoms with van der Waals surface area (Å²) in [6, 6.07) is 2.96. The average molecular weight is 349 g/mol. The maximum absolute atomic E-state index is 11.9. The summed E-state index contributed by atoms with van der Waals surface area (Å²) in [6.45, 7) is 0. The van der Waals surface area contributed by atoms with E-state index in [-0.39, 0.29) is 10.9 Å². The third kappa shape index (κ3) is 2.88. The third-order valence-electron chi connectivity index (χ3n) is 2.94. The lowest BCUT2D eigenvalue weighted by Crippen LogP contribution is -2.14. The maximum Gasteiger partial charge on any atom is 0.318 e. The van der Waals surface area contributed by atoms with E-state index in [1.807, 2.05) is 0 Å². The minimum absolute atomic E-state index is 0.0718. The van der Waals surface area contributed by atoms with Gasteiger partial charge in [0.2, 0.25) is 5.75 Å². The number of non-ortho nitro benzene ring substituents is 1. The second kappa shape index (κ2) is 6.34. The van der Waals surface area contributed by atoms with Crippen LogP contribution in [0.2, 0.25) is 0 Å². The lowest BCUT2D eigenvalue weighted by Gasteiger charge is -2.07. The van der Waals surface area contributed by atoms with Crippen molar-refractivity contribution in [1.29, 1.82) is 5.26 Å². The Hall–Kier alpha value is -3.46. The van der Waals surface area contributed by atoms with Crippen molar-refractivity contribution in [2.24, 2.45) is 0 Å². The van der Waals surface area contributed by atoms with E-state index >= 15 is 0 Å². The molecule has 122 valence electrons. The number of nitrogens with one attached hydrogen (secondary N) is 1. The zero-order valence-corrected chi connectivity index (χ0v) is 12.7. The highest BCUT2D eigenvalue weighted by atomic mass is 32.2. The predicted molar refractivity (Wildman–Crippen MR) is 81.8 cm³/mol. The number of nitrogens with zero attached hydrogens (tertiary/aromatic N) is 4. The zero-order chi connectivity index (χ0) is 18.0. The van der Waals surface area contributed by atoms with Crippen LogP contribution in [0.15, 0.2) is 22.1 Å². The molecule has 2 aromatic rings. The van der Waals surface area contributed by atoms with Gasteiger partial charge in [-0.05, 0) is 6.26 Å². The summed E-state index contributed by atoms with van der Waals surface area (Å²) in [7, 11) is 0. The Morgan fingerprint density at radius 2 is 2.00 bits per heavy atom. The molecule has 1 heterocycles. The number of aromatic hydroxyl groups is 1. The van der Waals surface area contributed by atoms with E-state index in [9.17, 15) is 30.1 Å². The highest BCUT2D eigenvalue weighted by molar-refractivity contribution is 7.98. The molecule has 0 radical (unpaired) electrons. The Bertz CT molecular complexity index is 964. The molecule has 0 atom stereocenters. The second-order valence-corrected chi connectivity index (χ2v) is 5.08. The van der Waals surface area contributed by atoms with Crippen molar-refractivity contribution in [3.05, 3.63) is 48.3 Å². The summed E-state index contributed by atoms with van der Waals surface area (Å²) >= 11 is 1.01. The van der Waals surface area contributed by atoms with Crippen molar-refractivity contribution >= 4 is 23.1 Å². The van der Waals surface area contributed by atoms with Gasteiger partial charge >= 0.3 is 5.69 Å². The molecule has 11 nitrogen and oxygen atoms in total. The Morgan fingerprint density at radius 1 is 1.33 bits per heavy atom. The highest BCUT2D eigenvalue weighted by Gasteiger charge is 2.27. The SMILES string of the molecule is CSc1nc(-c2cc([N+](=O)[O-])cc([N+](=O)[O-])c2O)c(C#N)c(=O)[nH]1. The highest BCUT2D eigenvalue weighted by Crippen LogP contribution is 2.40. The molecular formula is C12H7N5O6S. The molecule has 12 heteroatoms. The van der Waals surface area contributed by atoms with Crippen LogP contribution in [0, 0.1) is 31.6 Å². The fourth-order valence-electron chi connectivity index (χ4n) is 1.88. The minimum atomic E-state index is -1.01. The lowest BCUT2D eigenvalue weighted by molar-refractivity contribution is -0.394. The standard InChI is InChI=1S/C12H7N5O6S/c1-24-12-14-9(7(4-13)11(19)15-12)6-2-5(16(20)21)3-8(10(6)18)17(22)23/h2-3,18H,1H3,(H,14,15,19). The van der Waals surface area contributed by atoms with E-state index in [0.717, 1.165) is 17.8 Å². The first-order chi connectivity index (χ1) is 11.3. The van der Waals surface area contributed by atoms with Crippen molar-refractivity contribution in [1.82, 2.24) is 9.97 Å². The number of nitro groups is 2. The number of nitro benzene ring substituents is 2. The Morgan fingerprint density at radius 3 is 2.50 bits per heavy atom. The van der Waals surface area contributed by atoms with Gasteiger partial charge in [0.25, 0.3) is 11.2 Å². The summed E-state index contributed by atoms with van der Waals surface area (Å²) in [6.07, 6.45) is 1.57. The molecule has 0 aliphatic carbocycles. The Kier molecular flexibility index (Phi) is 4.47. The quantitative estimate of drug-likeness (QED) is 0.358. The van der Waals surface area contributed by atoms with Gasteiger partial charge in [0.15, 0.2) is 5.16 Å². The molecule has 0 spiro atoms. The molecule has 0 aliphatic rings. The molecule has 0 saturated carbocycles. The average Bonchev–Trinajstić information content (AvgIpc) is 2.53. The lowest BCUT2D eigenvalue weighted by atomic mass is 10.0. The van der Waals surface area contributed by atoms with Crippen LogP contribution in [0.5, 0.6) is 5.75 Å². The van der Waals surface area contributed by atoms with E-state index < -0.39 is 43.7 Å². The molecular weight excluding hydrogens is 342 g/mol. The number of H-pyrrole nitrogens is 1. The number of hydrogen-bond donors (Lipinski definition) is 2. The first-order valence-corrected chi connectivity index (χ1v) is 7.27. The van der Waals surface area contributed by atoms with Crippen molar-refractivity contribution in [2.45, 2.75) is 5.16 Å². The van der Waals surface area contributed by atoms with E-state index in [4.69, 9.17) is 5.26 Å². The molecule has 24 heavy (non-hydrogen) atoms. The normalized spacial score (nSPS) is 10.2. The van der Waals surface area contributed by atoms with E-state index in [1.165, 1.54) is 0 Å². The fraction of sp³-hybridized carbons (Fsp3) is 0.0833. The number of aromatic amines is 1. The largest absolute Gasteiger partial charge is 0.502 e. The first-order valence-electron chi connectivity index (χ1n) is 6.04. The second-order valence-electron chi connectivity index (χ2n) is 4.29. The number of thioether (sulfide) groups is 1. The number of nitriles is 1. The van der Waals surface area contributed by atoms with Crippen LogP contribution in [0.4, 0.5) is 11.4 Å². The number of phenols is 1. The fourth-order valence-corrected chi connectivity index (χ4v) is 2.25. The Labute approximate surface area is 136 Å². The third-order valence-corrected chi connectivity index (χ3v) is 3.52. The van der Waals surface area contributed by atoms with Crippen LogP contribution in [-0.2, 0) is 0 Å². The number of phenolic OH excluding ortho intramolecular Hbond substituents is 1. The molecule has 0 bridgehead atoms. The van der Waals surface area contributed by atoms with Crippen molar-refractivity contribution in [3.63, 3.8) is 0 Å². The molecule has 1 aromatic carbocycles. The van der Waals surface area contributed by atoms with Crippen LogP contribution < -0.4 is 5.56 Å². The molecule has 1 aromatic heterocycles. The maximum atomic E-state index is 11.9. The number of hydrogen-bond acceptors (Lipinski definition) is 9. The first kappa shape index (κ1) is 16.9. The monoisotopic (exact) mass is 349 g/mol. The van der Waals surface area contributed by atoms with Gasteiger partial charge in [0.05, 0.1) is 21.5 Å². The van der Waals surface area contributed by atoms with E-state index in [2.05, 4.69) is 9.97 Å². The predicted octanol–water partition coefficient (Wildman–Crippen LogP) is 1.55. The molecule has 0 amide bonds. The summed E-state index contributed by atoms with van der Waals surface area (Å²) in [5.74, 6) is -0.924. The number of rotatable bonds is 4. The van der Waals surface area contributed by atoms with Crippen LogP contribution in [0.1, 0.15) is 5.56 Å². The van der Waals surface area contributed by atoms with Crippen LogP contribution in [-0.4, -0.2) is 31.2 Å². The van der Waals surface area contributed by atoms with Gasteiger partial charge in [-0.15, -0.1) is 0 Å². The molecule has 0 saturated heterocycles. The van der Waals surface area contributed by atoms with Crippen LogP contribution in [0.3, 0.4) is 0 Å². The summed E-state index contributed by atoms with van der Waals surface area (Å²) in [5, 5.41) is 41.2. The van der Waals surface area contributed by atoms with E-state index in [1.54, 1.807) is 12.3 Å². The number of aromatic nitrogens is 2. The van der Waals surface area contributed by atoms with Gasteiger partial charge in [-0.1, -0.05) is 11.8 Å². The Balaban J connectivity index is 2.94. The topological polar surface area (TPSA) is 176 Å². The van der Waals surface area contributed by atoms with Gasteiger partial charge in [0.1, 0.15) is 17.3 Å². The smallest absolute Gasteiger partial charge is 0.318 e. The molecule has 0 unspecified atom stereocenters. The molecule has 2 N–H and O–H groups in total. The van der Waals surface area contributed by atoms with Gasteiger partial charge in [0, 0.05) is 6.07 Å². The summed E-state index contributed by atoms with van der Waals surface area (Å²) in [5.41, 5.74) is -3.82. The minimum Gasteiger partial charge on any atom is -0.502 e. The number of benzene rings is 1. The molecule has 0 aliphatic heterocycles. The summed E-state index contributed by atoms with van der Waals surface area (Å²) < 4.78 is 0. The van der Waals surface area contributed by atoms with Crippen LogP contribution in [0.25, 0.3) is 11.3 Å². The molecule has 2 rings (SSSR count). The summed E-state index contributed by atoms with van der Waals surface area (Å²) in [4.78, 5) is 38.2. The van der Waals surface area contributed by atoms with Crippen molar-refractivity contribution in [3.8, 4) is 23.1 Å². The van der Waals surface area contributed by atoms with Gasteiger partial charge < -0.3 is 10.1 Å². The van der Waals surface area contributed by atoms with Gasteiger partial charge in [-0.25, -0.2) is 4.98 Å². The van der Waals surface area contributed by atoms with Crippen molar-refractivity contribution < 1.29 is 15.0 Å². The van der Waals surface area contributed by atoms with Crippen molar-refractivity contribution in [2.75, 3.05) is 6.26 Å². The molecule has 0 fully saturated rings. The zero-order valence-electron chi connectivity index (χ0n) is 11.8. The van der Waals surface area contributed by atoms with Gasteiger partial charge in [-0.3, -0.25) is 25.0 Å².